The van der Waals surface area contributed by atoms with Gasteiger partial charge in [-0.1, -0.05) is 7.43 Å². The zero-order valence-corrected chi connectivity index (χ0v) is 7.40. The van der Waals surface area contributed by atoms with Crippen molar-refractivity contribution in [2.45, 2.75) is 38.1 Å². The fourth-order valence-corrected chi connectivity index (χ4v) is 1.25. The van der Waals surface area contributed by atoms with Gasteiger partial charge in [0.1, 0.15) is 18.3 Å². The van der Waals surface area contributed by atoms with Gasteiger partial charge in [-0.05, 0) is 0 Å². The number of methoxy groups -OCH3 is 1. The second kappa shape index (κ2) is 5.38. The molecule has 0 saturated carbocycles. The molecule has 15 heavy (non-hydrogen) atoms. The number of carboxylic acids is 1. The quantitative estimate of drug-likeness (QED) is 0.435. The maximum absolute atomic E-state index is 10.5. The van der Waals surface area contributed by atoms with Crippen LogP contribution in [0.3, 0.4) is 0 Å². The van der Waals surface area contributed by atoms with E-state index in [-0.39, 0.29) is 7.43 Å². The first-order chi connectivity index (χ1) is 6.49. The SMILES string of the molecule is C.COC1O[C@H](C(=O)O)[C@@H](O)[C@H](O)[C@H]1O. The molecule has 0 aromatic carbocycles. The van der Waals surface area contributed by atoms with Gasteiger partial charge in [0.15, 0.2) is 12.4 Å². The number of aliphatic carboxylic acids is 1. The van der Waals surface area contributed by atoms with Crippen LogP contribution >= 0.6 is 0 Å². The Balaban J connectivity index is 0.00000196. The van der Waals surface area contributed by atoms with E-state index in [4.69, 9.17) is 9.84 Å². The molecule has 7 heteroatoms. The second-order valence-electron chi connectivity index (χ2n) is 2.97. The summed E-state index contributed by atoms with van der Waals surface area (Å²) in [4.78, 5) is 10.5. The van der Waals surface area contributed by atoms with Crippen LogP contribution in [0.2, 0.25) is 0 Å². The Labute approximate surface area is 86.9 Å². The lowest BCUT2D eigenvalue weighted by molar-refractivity contribution is -0.287. The summed E-state index contributed by atoms with van der Waals surface area (Å²) >= 11 is 0. The Morgan fingerprint density at radius 1 is 1.20 bits per heavy atom. The summed E-state index contributed by atoms with van der Waals surface area (Å²) in [6, 6.07) is 0. The van der Waals surface area contributed by atoms with Crippen molar-refractivity contribution in [3.8, 4) is 0 Å². The van der Waals surface area contributed by atoms with E-state index in [2.05, 4.69) is 4.74 Å². The predicted molar refractivity (Wildman–Crippen MR) is 48.1 cm³/mol. The first-order valence-corrected chi connectivity index (χ1v) is 3.94. The molecule has 1 aliphatic rings. The zero-order valence-electron chi connectivity index (χ0n) is 7.40. The summed E-state index contributed by atoms with van der Waals surface area (Å²) in [7, 11) is 1.19. The number of aliphatic hydroxyl groups excluding tert-OH is 3. The van der Waals surface area contributed by atoms with Crippen molar-refractivity contribution in [1.29, 1.82) is 0 Å². The minimum Gasteiger partial charge on any atom is -0.479 e. The van der Waals surface area contributed by atoms with Crippen LogP contribution < -0.4 is 0 Å². The molecule has 1 heterocycles. The minimum absolute atomic E-state index is 0. The van der Waals surface area contributed by atoms with E-state index < -0.39 is 36.7 Å². The van der Waals surface area contributed by atoms with Crippen molar-refractivity contribution >= 4 is 5.97 Å². The second-order valence-corrected chi connectivity index (χ2v) is 2.97. The molecule has 0 aromatic rings. The van der Waals surface area contributed by atoms with Gasteiger partial charge in [-0.2, -0.15) is 0 Å². The fourth-order valence-electron chi connectivity index (χ4n) is 1.25. The van der Waals surface area contributed by atoms with Gasteiger partial charge >= 0.3 is 5.97 Å². The van der Waals surface area contributed by atoms with E-state index in [0.29, 0.717) is 0 Å². The van der Waals surface area contributed by atoms with E-state index in [1.54, 1.807) is 0 Å². The highest BCUT2D eigenvalue weighted by molar-refractivity contribution is 5.73. The van der Waals surface area contributed by atoms with E-state index in [1.165, 1.54) is 7.11 Å². The highest BCUT2D eigenvalue weighted by Crippen LogP contribution is 2.21. The Morgan fingerprint density at radius 3 is 2.13 bits per heavy atom. The standard InChI is InChI=1S/C7H12O7.CH4/c1-13-7-4(10)2(8)3(9)5(14-7)6(11)12;/h2-5,7-10H,1H3,(H,11,12);1H4/t2-,3-,4+,5-,7?;/m0./s1. The molecule has 7 nitrogen and oxygen atoms in total. The number of rotatable bonds is 2. The van der Waals surface area contributed by atoms with Crippen LogP contribution in [0.15, 0.2) is 0 Å². The van der Waals surface area contributed by atoms with Crippen LogP contribution in [0.4, 0.5) is 0 Å². The van der Waals surface area contributed by atoms with Gasteiger partial charge in [0.2, 0.25) is 0 Å². The smallest absolute Gasteiger partial charge is 0.335 e. The third-order valence-electron chi connectivity index (χ3n) is 2.05. The molecule has 4 N–H and O–H groups in total. The van der Waals surface area contributed by atoms with Gasteiger partial charge in [-0.3, -0.25) is 0 Å². The number of aliphatic hydroxyl groups is 3. The summed E-state index contributed by atoms with van der Waals surface area (Å²) in [6.07, 6.45) is -7.60. The summed E-state index contributed by atoms with van der Waals surface area (Å²) < 4.78 is 9.31. The highest BCUT2D eigenvalue weighted by atomic mass is 16.7. The molecule has 5 atom stereocenters. The normalized spacial score (nSPS) is 40.7. The molecule has 0 spiro atoms. The summed E-state index contributed by atoms with van der Waals surface area (Å²) in [6.45, 7) is 0. The van der Waals surface area contributed by atoms with E-state index in [9.17, 15) is 20.1 Å². The Kier molecular flexibility index (Phi) is 5.12. The zero-order chi connectivity index (χ0) is 10.9. The Bertz CT molecular complexity index is 217. The summed E-state index contributed by atoms with van der Waals surface area (Å²) in [5, 5.41) is 36.3. The first kappa shape index (κ1) is 14.3. The molecule has 90 valence electrons. The van der Waals surface area contributed by atoms with Crippen LogP contribution in [0.5, 0.6) is 0 Å². The monoisotopic (exact) mass is 224 g/mol. The summed E-state index contributed by atoms with van der Waals surface area (Å²) in [5.74, 6) is -1.43. The number of carbonyl (C=O) groups is 1. The molecule has 1 fully saturated rings. The number of hydrogen-bond donors (Lipinski definition) is 4. The lowest BCUT2D eigenvalue weighted by atomic mass is 9.99. The van der Waals surface area contributed by atoms with E-state index in [1.807, 2.05) is 0 Å². The molecular formula is C8H16O7. The minimum atomic E-state index is -1.67. The van der Waals surface area contributed by atoms with Crippen LogP contribution in [-0.4, -0.2) is 64.2 Å². The van der Waals surface area contributed by atoms with Crippen molar-refractivity contribution < 1.29 is 34.7 Å². The maximum atomic E-state index is 10.5. The van der Waals surface area contributed by atoms with Crippen molar-refractivity contribution in [3.63, 3.8) is 0 Å². The third-order valence-corrected chi connectivity index (χ3v) is 2.05. The average Bonchev–Trinajstić information content (AvgIpc) is 2.14. The van der Waals surface area contributed by atoms with Crippen molar-refractivity contribution in [1.82, 2.24) is 0 Å². The van der Waals surface area contributed by atoms with E-state index >= 15 is 0 Å². The molecule has 0 radical (unpaired) electrons. The molecule has 0 aliphatic carbocycles. The molecule has 0 bridgehead atoms. The van der Waals surface area contributed by atoms with Crippen molar-refractivity contribution in [2.75, 3.05) is 7.11 Å². The van der Waals surface area contributed by atoms with Gasteiger partial charge in [0.25, 0.3) is 0 Å². The fraction of sp³-hybridized carbons (Fsp3) is 0.875. The first-order valence-electron chi connectivity index (χ1n) is 3.94. The molecule has 0 aromatic heterocycles. The summed E-state index contributed by atoms with van der Waals surface area (Å²) in [5.41, 5.74) is 0. The van der Waals surface area contributed by atoms with Crippen LogP contribution in [0.25, 0.3) is 0 Å². The maximum Gasteiger partial charge on any atom is 0.335 e. The molecule has 1 aliphatic heterocycles. The van der Waals surface area contributed by atoms with Crippen molar-refractivity contribution in [3.05, 3.63) is 0 Å². The van der Waals surface area contributed by atoms with Crippen LogP contribution in [0.1, 0.15) is 7.43 Å². The average molecular weight is 224 g/mol. The predicted octanol–water partition coefficient (Wildman–Crippen LogP) is -1.84. The molecule has 1 unspecified atom stereocenters. The lowest BCUT2D eigenvalue weighted by Crippen LogP contribution is -2.60. The van der Waals surface area contributed by atoms with Gasteiger partial charge in [-0.15, -0.1) is 0 Å². The lowest BCUT2D eigenvalue weighted by Gasteiger charge is -2.37. The Hall–Kier alpha value is -0.730. The molecule has 1 saturated heterocycles. The molecule has 0 amide bonds. The number of ether oxygens (including phenoxy) is 2. The topological polar surface area (TPSA) is 116 Å². The van der Waals surface area contributed by atoms with Gasteiger partial charge in [-0.25, -0.2) is 4.79 Å². The number of carboxylic acid groups (broad SMARTS) is 1. The molecule has 1 rings (SSSR count). The third kappa shape index (κ3) is 2.64. The van der Waals surface area contributed by atoms with Crippen LogP contribution in [-0.2, 0) is 14.3 Å². The van der Waals surface area contributed by atoms with E-state index in [0.717, 1.165) is 0 Å². The largest absolute Gasteiger partial charge is 0.479 e. The van der Waals surface area contributed by atoms with Gasteiger partial charge in [0.05, 0.1) is 0 Å². The van der Waals surface area contributed by atoms with Crippen LogP contribution in [0, 0.1) is 0 Å². The number of hydrogen-bond acceptors (Lipinski definition) is 6. The van der Waals surface area contributed by atoms with Gasteiger partial charge < -0.3 is 29.9 Å². The van der Waals surface area contributed by atoms with Crippen molar-refractivity contribution in [2.24, 2.45) is 0 Å². The highest BCUT2D eigenvalue weighted by Gasteiger charge is 2.46. The van der Waals surface area contributed by atoms with Gasteiger partial charge in [0, 0.05) is 7.11 Å². The molecular weight excluding hydrogens is 208 g/mol. The Morgan fingerprint density at radius 2 is 1.73 bits per heavy atom.